The molecular formula is C16H19NO2S. The van der Waals surface area contributed by atoms with Gasteiger partial charge in [-0.05, 0) is 50.1 Å². The van der Waals surface area contributed by atoms with Crippen LogP contribution < -0.4 is 14.8 Å². The predicted octanol–water partition coefficient (Wildman–Crippen LogP) is 3.94. The Morgan fingerprint density at radius 1 is 1.20 bits per heavy atom. The Hall–Kier alpha value is -1.52. The summed E-state index contributed by atoms with van der Waals surface area (Å²) in [5.74, 6) is 1.69. The van der Waals surface area contributed by atoms with Crippen LogP contribution >= 0.6 is 11.3 Å². The number of thiophene rings is 1. The summed E-state index contributed by atoms with van der Waals surface area (Å²) in [5, 5.41) is 3.57. The van der Waals surface area contributed by atoms with Gasteiger partial charge in [-0.15, -0.1) is 11.3 Å². The average molecular weight is 289 g/mol. The van der Waals surface area contributed by atoms with Gasteiger partial charge in [0, 0.05) is 22.3 Å². The van der Waals surface area contributed by atoms with Crippen molar-refractivity contribution in [2.45, 2.75) is 33.4 Å². The molecule has 1 atom stereocenters. The number of fused-ring (bicyclic) bond motifs is 1. The highest BCUT2D eigenvalue weighted by Gasteiger charge is 2.14. The van der Waals surface area contributed by atoms with Crippen LogP contribution in [0.25, 0.3) is 0 Å². The van der Waals surface area contributed by atoms with Gasteiger partial charge in [-0.3, -0.25) is 0 Å². The van der Waals surface area contributed by atoms with Gasteiger partial charge in [-0.25, -0.2) is 0 Å². The van der Waals surface area contributed by atoms with Crippen LogP contribution in [0.2, 0.25) is 0 Å². The van der Waals surface area contributed by atoms with Crippen molar-refractivity contribution in [2.24, 2.45) is 0 Å². The molecule has 4 heteroatoms. The van der Waals surface area contributed by atoms with Crippen molar-refractivity contribution < 1.29 is 9.47 Å². The maximum absolute atomic E-state index is 5.40. The monoisotopic (exact) mass is 289 g/mol. The number of rotatable bonds is 4. The third kappa shape index (κ3) is 2.67. The molecule has 0 radical (unpaired) electrons. The molecule has 1 aromatic heterocycles. The fourth-order valence-corrected chi connectivity index (χ4v) is 3.53. The van der Waals surface area contributed by atoms with E-state index in [1.165, 1.54) is 20.9 Å². The van der Waals surface area contributed by atoms with Crippen LogP contribution in [0.3, 0.4) is 0 Å². The van der Waals surface area contributed by atoms with Crippen LogP contribution in [0.15, 0.2) is 24.3 Å². The number of hydrogen-bond donors (Lipinski definition) is 1. The molecule has 0 aliphatic carbocycles. The minimum Gasteiger partial charge on any atom is -0.454 e. The van der Waals surface area contributed by atoms with Crippen LogP contribution in [-0.4, -0.2) is 6.79 Å². The zero-order chi connectivity index (χ0) is 14.1. The van der Waals surface area contributed by atoms with E-state index in [9.17, 15) is 0 Å². The molecule has 1 aromatic carbocycles. The Morgan fingerprint density at radius 3 is 2.75 bits per heavy atom. The second kappa shape index (κ2) is 5.46. The van der Waals surface area contributed by atoms with E-state index in [0.717, 1.165) is 18.0 Å². The third-order valence-corrected chi connectivity index (χ3v) is 4.58. The van der Waals surface area contributed by atoms with E-state index in [4.69, 9.17) is 9.47 Å². The van der Waals surface area contributed by atoms with Gasteiger partial charge in [0.05, 0.1) is 0 Å². The highest BCUT2D eigenvalue weighted by atomic mass is 32.1. The van der Waals surface area contributed by atoms with Crippen LogP contribution in [0.4, 0.5) is 0 Å². The summed E-state index contributed by atoms with van der Waals surface area (Å²) in [7, 11) is 0. The van der Waals surface area contributed by atoms with Gasteiger partial charge in [-0.1, -0.05) is 6.07 Å². The first-order chi connectivity index (χ1) is 9.63. The smallest absolute Gasteiger partial charge is 0.231 e. The van der Waals surface area contributed by atoms with Crippen molar-refractivity contribution in [2.75, 3.05) is 6.79 Å². The Labute approximate surface area is 123 Å². The lowest BCUT2D eigenvalue weighted by molar-refractivity contribution is 0.174. The van der Waals surface area contributed by atoms with Gasteiger partial charge in [0.15, 0.2) is 11.5 Å². The summed E-state index contributed by atoms with van der Waals surface area (Å²) in [5.41, 5.74) is 2.61. The largest absolute Gasteiger partial charge is 0.454 e. The van der Waals surface area contributed by atoms with Gasteiger partial charge >= 0.3 is 0 Å². The van der Waals surface area contributed by atoms with Gasteiger partial charge in [0.1, 0.15) is 0 Å². The maximum atomic E-state index is 5.40. The van der Waals surface area contributed by atoms with E-state index in [1.54, 1.807) is 0 Å². The standard InChI is InChI=1S/C16H19NO2S/c1-10-6-14(12(3)20-10)11(2)17-8-13-4-5-15-16(7-13)19-9-18-15/h4-7,11,17H,8-9H2,1-3H3. The van der Waals surface area contributed by atoms with Crippen molar-refractivity contribution in [3.63, 3.8) is 0 Å². The molecule has 3 nitrogen and oxygen atoms in total. The number of nitrogens with one attached hydrogen (secondary N) is 1. The molecule has 1 aliphatic rings. The number of hydrogen-bond acceptors (Lipinski definition) is 4. The summed E-state index contributed by atoms with van der Waals surface area (Å²) in [4.78, 5) is 2.77. The lowest BCUT2D eigenvalue weighted by Crippen LogP contribution is -2.18. The Kier molecular flexibility index (Phi) is 3.68. The maximum Gasteiger partial charge on any atom is 0.231 e. The van der Waals surface area contributed by atoms with E-state index in [1.807, 2.05) is 23.5 Å². The number of benzene rings is 1. The lowest BCUT2D eigenvalue weighted by Gasteiger charge is -2.14. The van der Waals surface area contributed by atoms with E-state index >= 15 is 0 Å². The van der Waals surface area contributed by atoms with Gasteiger partial charge in [0.2, 0.25) is 6.79 Å². The normalized spacial score (nSPS) is 14.6. The second-order valence-corrected chi connectivity index (χ2v) is 6.62. The van der Waals surface area contributed by atoms with Crippen molar-refractivity contribution in [1.82, 2.24) is 5.32 Å². The molecule has 0 spiro atoms. The molecule has 2 heterocycles. The van der Waals surface area contributed by atoms with Crippen molar-refractivity contribution in [1.29, 1.82) is 0 Å². The number of aryl methyl sites for hydroxylation is 2. The summed E-state index contributed by atoms with van der Waals surface area (Å²) >= 11 is 1.86. The fraction of sp³-hybridized carbons (Fsp3) is 0.375. The topological polar surface area (TPSA) is 30.5 Å². The van der Waals surface area contributed by atoms with Crippen molar-refractivity contribution in [3.05, 3.63) is 45.1 Å². The molecule has 0 amide bonds. The summed E-state index contributed by atoms with van der Waals surface area (Å²) < 4.78 is 10.7. The fourth-order valence-electron chi connectivity index (χ4n) is 2.51. The van der Waals surface area contributed by atoms with Gasteiger partial charge in [-0.2, -0.15) is 0 Å². The molecule has 0 bridgehead atoms. The molecular weight excluding hydrogens is 270 g/mol. The Balaban J connectivity index is 1.66. The molecule has 106 valence electrons. The molecule has 0 saturated heterocycles. The molecule has 1 N–H and O–H groups in total. The molecule has 0 fully saturated rings. The lowest BCUT2D eigenvalue weighted by atomic mass is 10.1. The molecule has 20 heavy (non-hydrogen) atoms. The highest BCUT2D eigenvalue weighted by molar-refractivity contribution is 7.12. The van der Waals surface area contributed by atoms with Crippen LogP contribution in [-0.2, 0) is 6.54 Å². The van der Waals surface area contributed by atoms with Crippen LogP contribution in [0.5, 0.6) is 11.5 Å². The molecule has 1 aliphatic heterocycles. The van der Waals surface area contributed by atoms with E-state index in [0.29, 0.717) is 12.8 Å². The predicted molar refractivity (Wildman–Crippen MR) is 81.6 cm³/mol. The van der Waals surface area contributed by atoms with Gasteiger partial charge in [0.25, 0.3) is 0 Å². The summed E-state index contributed by atoms with van der Waals surface area (Å²) in [6.07, 6.45) is 0. The highest BCUT2D eigenvalue weighted by Crippen LogP contribution is 2.32. The Morgan fingerprint density at radius 2 is 2.00 bits per heavy atom. The van der Waals surface area contributed by atoms with E-state index in [-0.39, 0.29) is 0 Å². The molecule has 0 saturated carbocycles. The first-order valence-electron chi connectivity index (χ1n) is 6.82. The quantitative estimate of drug-likeness (QED) is 0.924. The van der Waals surface area contributed by atoms with Crippen molar-refractivity contribution >= 4 is 11.3 Å². The van der Waals surface area contributed by atoms with E-state index < -0.39 is 0 Å². The minimum absolute atomic E-state index is 0.329. The Bertz CT molecular complexity index is 621. The molecule has 1 unspecified atom stereocenters. The summed E-state index contributed by atoms with van der Waals surface area (Å²) in [6, 6.07) is 8.74. The van der Waals surface area contributed by atoms with Crippen LogP contribution in [0.1, 0.15) is 33.8 Å². The zero-order valence-electron chi connectivity index (χ0n) is 12.0. The van der Waals surface area contributed by atoms with Crippen molar-refractivity contribution in [3.8, 4) is 11.5 Å². The SMILES string of the molecule is Cc1cc(C(C)NCc2ccc3c(c2)OCO3)c(C)s1. The zero-order valence-corrected chi connectivity index (χ0v) is 12.8. The van der Waals surface area contributed by atoms with E-state index in [2.05, 4.69) is 38.2 Å². The average Bonchev–Trinajstić information content (AvgIpc) is 3.01. The first-order valence-corrected chi connectivity index (χ1v) is 7.64. The first kappa shape index (κ1) is 13.5. The number of ether oxygens (including phenoxy) is 2. The third-order valence-electron chi connectivity index (χ3n) is 3.60. The second-order valence-electron chi connectivity index (χ2n) is 5.16. The molecule has 2 aromatic rings. The van der Waals surface area contributed by atoms with Crippen LogP contribution in [0, 0.1) is 13.8 Å². The van der Waals surface area contributed by atoms with Gasteiger partial charge < -0.3 is 14.8 Å². The summed E-state index contributed by atoms with van der Waals surface area (Å²) in [6.45, 7) is 7.71. The molecule has 3 rings (SSSR count). The minimum atomic E-state index is 0.329.